The van der Waals surface area contributed by atoms with Crippen LogP contribution in [0.3, 0.4) is 0 Å². The Bertz CT molecular complexity index is 358. The molecule has 1 aromatic carbocycles. The highest BCUT2D eigenvalue weighted by atomic mass is 79.9. The lowest BCUT2D eigenvalue weighted by Gasteiger charge is -1.98. The first kappa shape index (κ1) is 7.42. The Hall–Kier alpha value is -1.23. The summed E-state index contributed by atoms with van der Waals surface area (Å²) in [5, 5.41) is 10.6. The fourth-order valence-corrected chi connectivity index (χ4v) is 1.36. The summed E-state index contributed by atoms with van der Waals surface area (Å²) in [5.74, 6) is 0.544. The minimum Gasteiger partial charge on any atom is -0.106 e. The van der Waals surface area contributed by atoms with Crippen molar-refractivity contribution in [3.63, 3.8) is 0 Å². The van der Waals surface area contributed by atoms with Gasteiger partial charge < -0.3 is 0 Å². The number of rotatable bonds is 1. The second-order valence-electron chi connectivity index (χ2n) is 2.18. The molecular formula is C7H4BrN4. The van der Waals surface area contributed by atoms with Gasteiger partial charge in [0.25, 0.3) is 0 Å². The highest BCUT2D eigenvalue weighted by Crippen LogP contribution is 2.17. The van der Waals surface area contributed by atoms with E-state index >= 15 is 0 Å². The third-order valence-electron chi connectivity index (χ3n) is 1.43. The molecule has 2 rings (SSSR count). The quantitative estimate of drug-likeness (QED) is 0.701. The predicted octanol–water partition coefficient (Wildman–Crippen LogP) is 2.10. The molecule has 1 heterocycles. The van der Waals surface area contributed by atoms with Gasteiger partial charge in [0.1, 0.15) is 0 Å². The second kappa shape index (κ2) is 3.02. The lowest BCUT2D eigenvalue weighted by atomic mass is 10.2. The van der Waals surface area contributed by atoms with Crippen LogP contribution in [0.1, 0.15) is 5.56 Å². The average molecular weight is 224 g/mol. The van der Waals surface area contributed by atoms with Crippen molar-refractivity contribution in [3.05, 3.63) is 34.3 Å². The monoisotopic (exact) mass is 223 g/mol. The molecule has 5 heteroatoms. The zero-order chi connectivity index (χ0) is 8.39. The molecule has 0 unspecified atom stereocenters. The Morgan fingerprint density at radius 1 is 1.08 bits per heavy atom. The number of hydrogen-bond donors (Lipinski definition) is 0. The van der Waals surface area contributed by atoms with Crippen LogP contribution in [0.2, 0.25) is 0 Å². The van der Waals surface area contributed by atoms with E-state index in [0.717, 1.165) is 10.0 Å². The summed E-state index contributed by atoms with van der Waals surface area (Å²) in [4.78, 5) is 0. The SMILES string of the molecule is Brc1ccccc1C1=NN=N[N]1. The molecule has 0 saturated carbocycles. The Balaban J connectivity index is 2.40. The van der Waals surface area contributed by atoms with E-state index in [1.54, 1.807) is 0 Å². The third-order valence-corrected chi connectivity index (χ3v) is 2.13. The van der Waals surface area contributed by atoms with Gasteiger partial charge in [-0.25, -0.2) is 0 Å². The Kier molecular flexibility index (Phi) is 1.87. The number of benzene rings is 1. The van der Waals surface area contributed by atoms with Crippen molar-refractivity contribution in [1.29, 1.82) is 0 Å². The largest absolute Gasteiger partial charge is 0.208 e. The summed E-state index contributed by atoms with van der Waals surface area (Å²) in [6.45, 7) is 0. The van der Waals surface area contributed by atoms with Gasteiger partial charge in [0, 0.05) is 10.0 Å². The van der Waals surface area contributed by atoms with E-state index in [1.807, 2.05) is 24.3 Å². The summed E-state index contributed by atoms with van der Waals surface area (Å²) >= 11 is 3.38. The maximum atomic E-state index is 3.75. The fourth-order valence-electron chi connectivity index (χ4n) is 0.895. The molecule has 59 valence electrons. The maximum Gasteiger partial charge on any atom is 0.208 e. The first-order valence-corrected chi connectivity index (χ1v) is 4.11. The number of amidine groups is 1. The van der Waals surface area contributed by atoms with Crippen LogP contribution in [-0.4, -0.2) is 5.84 Å². The Morgan fingerprint density at radius 3 is 2.58 bits per heavy atom. The molecular weight excluding hydrogens is 220 g/mol. The number of halogens is 1. The molecule has 4 nitrogen and oxygen atoms in total. The topological polar surface area (TPSA) is 51.2 Å². The van der Waals surface area contributed by atoms with Crippen LogP contribution < -0.4 is 5.43 Å². The molecule has 0 saturated heterocycles. The van der Waals surface area contributed by atoms with Crippen LogP contribution in [-0.2, 0) is 0 Å². The summed E-state index contributed by atoms with van der Waals surface area (Å²) in [5.41, 5.74) is 4.65. The van der Waals surface area contributed by atoms with Crippen molar-refractivity contribution in [2.24, 2.45) is 15.5 Å². The molecule has 0 N–H and O–H groups in total. The Labute approximate surface area is 77.5 Å². The second-order valence-corrected chi connectivity index (χ2v) is 3.04. The van der Waals surface area contributed by atoms with Crippen LogP contribution in [0, 0.1) is 0 Å². The maximum absolute atomic E-state index is 3.75. The van der Waals surface area contributed by atoms with Crippen LogP contribution in [0.5, 0.6) is 0 Å². The van der Waals surface area contributed by atoms with Gasteiger partial charge in [-0.3, -0.25) is 0 Å². The van der Waals surface area contributed by atoms with E-state index in [4.69, 9.17) is 0 Å². The van der Waals surface area contributed by atoms with E-state index in [9.17, 15) is 0 Å². The van der Waals surface area contributed by atoms with E-state index in [0.29, 0.717) is 5.84 Å². The first-order chi connectivity index (χ1) is 5.88. The highest BCUT2D eigenvalue weighted by molar-refractivity contribution is 9.10. The average Bonchev–Trinajstić information content (AvgIpc) is 2.57. The van der Waals surface area contributed by atoms with E-state index < -0.39 is 0 Å². The molecule has 12 heavy (non-hydrogen) atoms. The first-order valence-electron chi connectivity index (χ1n) is 3.31. The zero-order valence-electron chi connectivity index (χ0n) is 5.98. The van der Waals surface area contributed by atoms with Gasteiger partial charge in [-0.1, -0.05) is 28.1 Å². The van der Waals surface area contributed by atoms with Gasteiger partial charge in [-0.2, -0.15) is 0 Å². The van der Waals surface area contributed by atoms with Crippen molar-refractivity contribution < 1.29 is 0 Å². The lowest BCUT2D eigenvalue weighted by Crippen LogP contribution is -2.08. The van der Waals surface area contributed by atoms with Gasteiger partial charge in [-0.05, 0) is 22.6 Å². The van der Waals surface area contributed by atoms with Crippen LogP contribution in [0.4, 0.5) is 0 Å². The van der Waals surface area contributed by atoms with Gasteiger partial charge in [-0.15, -0.1) is 10.5 Å². The minimum absolute atomic E-state index is 0.544. The van der Waals surface area contributed by atoms with Gasteiger partial charge in [0.2, 0.25) is 5.84 Å². The molecule has 0 amide bonds. The summed E-state index contributed by atoms with van der Waals surface area (Å²) < 4.78 is 0.944. The molecule has 0 bridgehead atoms. The summed E-state index contributed by atoms with van der Waals surface area (Å²) in [6.07, 6.45) is 0. The lowest BCUT2D eigenvalue weighted by molar-refractivity contribution is 0.923. The Morgan fingerprint density at radius 2 is 1.92 bits per heavy atom. The van der Waals surface area contributed by atoms with E-state index in [1.165, 1.54) is 0 Å². The smallest absolute Gasteiger partial charge is 0.106 e. The minimum atomic E-state index is 0.544. The van der Waals surface area contributed by atoms with Gasteiger partial charge in [0.05, 0.1) is 0 Å². The number of nitrogens with zero attached hydrogens (tertiary/aromatic N) is 4. The van der Waals surface area contributed by atoms with Crippen LogP contribution in [0.25, 0.3) is 0 Å². The number of hydrogen-bond acceptors (Lipinski definition) is 3. The van der Waals surface area contributed by atoms with E-state index in [2.05, 4.69) is 36.9 Å². The molecule has 0 aromatic heterocycles. The summed E-state index contributed by atoms with van der Waals surface area (Å²) in [6, 6.07) is 7.67. The standard InChI is InChI=1S/C7H4BrN4/c8-6-4-2-1-3-5(6)7-9-11-12-10-7/h1-4H. The molecule has 0 aliphatic carbocycles. The molecule has 1 aliphatic rings. The molecule has 1 aliphatic heterocycles. The fraction of sp³-hybridized carbons (Fsp3) is 0. The van der Waals surface area contributed by atoms with Crippen molar-refractivity contribution in [1.82, 2.24) is 5.43 Å². The van der Waals surface area contributed by atoms with Crippen molar-refractivity contribution >= 4 is 21.8 Å². The normalized spacial score (nSPS) is 14.2. The molecule has 1 aromatic rings. The third kappa shape index (κ3) is 1.23. The van der Waals surface area contributed by atoms with Crippen LogP contribution in [0.15, 0.2) is 44.3 Å². The van der Waals surface area contributed by atoms with Gasteiger partial charge in [0.15, 0.2) is 0 Å². The predicted molar refractivity (Wildman–Crippen MR) is 47.7 cm³/mol. The molecule has 0 atom stereocenters. The van der Waals surface area contributed by atoms with Crippen molar-refractivity contribution in [2.45, 2.75) is 0 Å². The van der Waals surface area contributed by atoms with E-state index in [-0.39, 0.29) is 0 Å². The zero-order valence-corrected chi connectivity index (χ0v) is 7.56. The highest BCUT2D eigenvalue weighted by Gasteiger charge is 2.11. The molecule has 0 fully saturated rings. The van der Waals surface area contributed by atoms with Crippen LogP contribution >= 0.6 is 15.9 Å². The van der Waals surface area contributed by atoms with Crippen molar-refractivity contribution in [2.75, 3.05) is 0 Å². The molecule has 1 radical (unpaired) electrons. The van der Waals surface area contributed by atoms with Crippen molar-refractivity contribution in [3.8, 4) is 0 Å². The summed E-state index contributed by atoms with van der Waals surface area (Å²) in [7, 11) is 0. The van der Waals surface area contributed by atoms with Gasteiger partial charge >= 0.3 is 0 Å². The molecule has 0 spiro atoms.